The van der Waals surface area contributed by atoms with Crippen LogP contribution in [-0.4, -0.2) is 12.6 Å². The van der Waals surface area contributed by atoms with Crippen molar-refractivity contribution in [3.63, 3.8) is 0 Å². The molecule has 0 heterocycles. The molecule has 0 aliphatic rings. The fourth-order valence-corrected chi connectivity index (χ4v) is 1.20. The smallest absolute Gasteiger partial charge is 0.310 e. The van der Waals surface area contributed by atoms with Gasteiger partial charge in [0.05, 0.1) is 13.0 Å². The fourth-order valence-electron chi connectivity index (χ4n) is 1.09. The first-order valence-corrected chi connectivity index (χ1v) is 4.71. The Morgan fingerprint density at radius 1 is 1.40 bits per heavy atom. The molecule has 1 aromatic carbocycles. The van der Waals surface area contributed by atoms with Gasteiger partial charge in [-0.25, -0.2) is 8.78 Å². The maximum Gasteiger partial charge on any atom is 0.310 e. The van der Waals surface area contributed by atoms with Crippen molar-refractivity contribution in [2.24, 2.45) is 0 Å². The Kier molecular flexibility index (Phi) is 4.03. The molecular weight excluding hydrogens is 226 g/mol. The summed E-state index contributed by atoms with van der Waals surface area (Å²) < 4.78 is 30.5. The van der Waals surface area contributed by atoms with Gasteiger partial charge in [-0.3, -0.25) is 4.79 Å². The number of benzene rings is 1. The van der Waals surface area contributed by atoms with Crippen LogP contribution in [0, 0.1) is 11.6 Å². The molecule has 0 saturated heterocycles. The summed E-state index contributed by atoms with van der Waals surface area (Å²) >= 11 is 5.28. The van der Waals surface area contributed by atoms with Crippen LogP contribution in [0.15, 0.2) is 12.1 Å². The molecule has 0 N–H and O–H groups in total. The minimum absolute atomic E-state index is 0.168. The summed E-state index contributed by atoms with van der Waals surface area (Å²) in [6.45, 7) is 1.89. The molecule has 0 amide bonds. The first-order valence-electron chi connectivity index (χ1n) is 4.33. The Morgan fingerprint density at radius 2 is 1.93 bits per heavy atom. The van der Waals surface area contributed by atoms with Crippen LogP contribution in [-0.2, 0) is 16.0 Å². The molecule has 0 bridgehead atoms. The van der Waals surface area contributed by atoms with Crippen LogP contribution in [0.1, 0.15) is 12.5 Å². The number of halogens is 3. The molecular formula is C10H9ClF2O2. The molecule has 1 aromatic rings. The monoisotopic (exact) mass is 234 g/mol. The van der Waals surface area contributed by atoms with Crippen molar-refractivity contribution < 1.29 is 18.3 Å². The van der Waals surface area contributed by atoms with E-state index in [1.165, 1.54) is 0 Å². The highest BCUT2D eigenvalue weighted by Gasteiger charge is 2.11. The zero-order chi connectivity index (χ0) is 11.4. The molecule has 0 fully saturated rings. The van der Waals surface area contributed by atoms with Gasteiger partial charge in [-0.15, -0.1) is 0 Å². The lowest BCUT2D eigenvalue weighted by molar-refractivity contribution is -0.142. The topological polar surface area (TPSA) is 26.3 Å². The van der Waals surface area contributed by atoms with E-state index in [1.807, 2.05) is 0 Å². The predicted octanol–water partition coefficient (Wildman–Crippen LogP) is 2.72. The highest BCUT2D eigenvalue weighted by molar-refractivity contribution is 6.30. The van der Waals surface area contributed by atoms with Gasteiger partial charge >= 0.3 is 5.97 Å². The van der Waals surface area contributed by atoms with Crippen molar-refractivity contribution in [3.05, 3.63) is 34.4 Å². The molecule has 0 spiro atoms. The van der Waals surface area contributed by atoms with Gasteiger partial charge in [0.25, 0.3) is 0 Å². The minimum atomic E-state index is -0.879. The van der Waals surface area contributed by atoms with Crippen molar-refractivity contribution in [3.8, 4) is 0 Å². The third-order valence-electron chi connectivity index (χ3n) is 1.70. The number of ether oxygens (including phenoxy) is 1. The second kappa shape index (κ2) is 5.07. The van der Waals surface area contributed by atoms with E-state index < -0.39 is 22.6 Å². The minimum Gasteiger partial charge on any atom is -0.466 e. The van der Waals surface area contributed by atoms with Gasteiger partial charge < -0.3 is 4.74 Å². The maximum atomic E-state index is 13.0. The number of hydrogen-bond donors (Lipinski definition) is 0. The average molecular weight is 235 g/mol. The molecule has 1 rings (SSSR count). The molecule has 0 atom stereocenters. The lowest BCUT2D eigenvalue weighted by atomic mass is 10.1. The zero-order valence-corrected chi connectivity index (χ0v) is 8.78. The van der Waals surface area contributed by atoms with E-state index >= 15 is 0 Å². The standard InChI is InChI=1S/C10H9ClF2O2/c1-2-15-9(14)5-6-3-7(12)10(11)8(13)4-6/h3-4H,2,5H2,1H3. The molecule has 0 aliphatic heterocycles. The normalized spacial score (nSPS) is 10.1. The average Bonchev–Trinajstić information content (AvgIpc) is 2.14. The Hall–Kier alpha value is -1.16. The second-order valence-corrected chi connectivity index (χ2v) is 3.23. The Balaban J connectivity index is 2.83. The second-order valence-electron chi connectivity index (χ2n) is 2.86. The number of carbonyl (C=O) groups is 1. The van der Waals surface area contributed by atoms with E-state index in [9.17, 15) is 13.6 Å². The lowest BCUT2D eigenvalue weighted by Crippen LogP contribution is -2.08. The van der Waals surface area contributed by atoms with Crippen LogP contribution < -0.4 is 0 Å². The molecule has 15 heavy (non-hydrogen) atoms. The van der Waals surface area contributed by atoms with E-state index in [-0.39, 0.29) is 18.6 Å². The summed E-state index contributed by atoms with van der Waals surface area (Å²) in [5.74, 6) is -2.29. The van der Waals surface area contributed by atoms with E-state index in [4.69, 9.17) is 11.6 Å². The largest absolute Gasteiger partial charge is 0.466 e. The fraction of sp³-hybridized carbons (Fsp3) is 0.300. The van der Waals surface area contributed by atoms with Gasteiger partial charge in [0.1, 0.15) is 16.7 Å². The molecule has 82 valence electrons. The third-order valence-corrected chi connectivity index (χ3v) is 2.06. The van der Waals surface area contributed by atoms with Gasteiger partial charge in [0, 0.05) is 0 Å². The van der Waals surface area contributed by atoms with E-state index in [0.717, 1.165) is 12.1 Å². The van der Waals surface area contributed by atoms with Gasteiger partial charge in [-0.1, -0.05) is 11.6 Å². The van der Waals surface area contributed by atoms with E-state index in [1.54, 1.807) is 6.92 Å². The molecule has 2 nitrogen and oxygen atoms in total. The van der Waals surface area contributed by atoms with Crippen LogP contribution in [0.25, 0.3) is 0 Å². The quantitative estimate of drug-likeness (QED) is 0.594. The number of esters is 1. The van der Waals surface area contributed by atoms with Crippen molar-refractivity contribution in [1.29, 1.82) is 0 Å². The summed E-state index contributed by atoms with van der Waals surface area (Å²) in [4.78, 5) is 11.0. The molecule has 0 saturated carbocycles. The first-order chi connectivity index (χ1) is 7.04. The summed E-state index contributed by atoms with van der Waals surface area (Å²) in [6.07, 6.45) is -0.168. The maximum absolute atomic E-state index is 13.0. The lowest BCUT2D eigenvalue weighted by Gasteiger charge is -2.03. The zero-order valence-electron chi connectivity index (χ0n) is 8.02. The molecule has 0 radical (unpaired) electrons. The van der Waals surface area contributed by atoms with Crippen molar-refractivity contribution >= 4 is 17.6 Å². The molecule has 5 heteroatoms. The van der Waals surface area contributed by atoms with Crippen molar-refractivity contribution in [2.45, 2.75) is 13.3 Å². The van der Waals surface area contributed by atoms with Crippen LogP contribution in [0.4, 0.5) is 8.78 Å². The van der Waals surface area contributed by atoms with Crippen LogP contribution >= 0.6 is 11.6 Å². The first kappa shape index (κ1) is 11.9. The van der Waals surface area contributed by atoms with E-state index in [0.29, 0.717) is 0 Å². The SMILES string of the molecule is CCOC(=O)Cc1cc(F)c(Cl)c(F)c1. The molecule has 0 aliphatic carbocycles. The van der Waals surface area contributed by atoms with Crippen molar-refractivity contribution in [1.82, 2.24) is 0 Å². The summed E-state index contributed by atoms with van der Waals surface area (Å²) in [5.41, 5.74) is 0.202. The van der Waals surface area contributed by atoms with Gasteiger partial charge in [-0.2, -0.15) is 0 Å². The van der Waals surface area contributed by atoms with Crippen LogP contribution in [0.3, 0.4) is 0 Å². The van der Waals surface area contributed by atoms with E-state index in [2.05, 4.69) is 4.74 Å². The Labute approximate surface area is 90.8 Å². The molecule has 0 unspecified atom stereocenters. The van der Waals surface area contributed by atoms with Crippen LogP contribution in [0.5, 0.6) is 0 Å². The number of rotatable bonds is 3. The number of carbonyl (C=O) groups excluding carboxylic acids is 1. The number of hydrogen-bond acceptors (Lipinski definition) is 2. The highest BCUT2D eigenvalue weighted by atomic mass is 35.5. The molecule has 0 aromatic heterocycles. The van der Waals surface area contributed by atoms with Gasteiger partial charge in [0.2, 0.25) is 0 Å². The summed E-state index contributed by atoms with van der Waals surface area (Å²) in [6, 6.07) is 2.03. The van der Waals surface area contributed by atoms with Gasteiger partial charge in [-0.05, 0) is 24.6 Å². The van der Waals surface area contributed by atoms with Crippen molar-refractivity contribution in [2.75, 3.05) is 6.61 Å². The van der Waals surface area contributed by atoms with Crippen LogP contribution in [0.2, 0.25) is 5.02 Å². The Bertz CT molecular complexity index is 357. The highest BCUT2D eigenvalue weighted by Crippen LogP contribution is 2.20. The third kappa shape index (κ3) is 3.16. The predicted molar refractivity (Wildman–Crippen MR) is 51.7 cm³/mol. The summed E-state index contributed by atoms with van der Waals surface area (Å²) in [7, 11) is 0. The summed E-state index contributed by atoms with van der Waals surface area (Å²) in [5, 5.41) is -0.567. The van der Waals surface area contributed by atoms with Gasteiger partial charge in [0.15, 0.2) is 0 Å². The Morgan fingerprint density at radius 3 is 2.40 bits per heavy atom.